The van der Waals surface area contributed by atoms with Gasteiger partial charge in [0.25, 0.3) is 0 Å². The molecule has 0 aromatic carbocycles. The smallest absolute Gasteiger partial charge is 0.342 e. The predicted molar refractivity (Wildman–Crippen MR) is 63.4 cm³/mol. The number of carboxylic acid groups (broad SMARTS) is 1. The van der Waals surface area contributed by atoms with Gasteiger partial charge in [-0.1, -0.05) is 0 Å². The first-order chi connectivity index (χ1) is 8.41. The van der Waals surface area contributed by atoms with Gasteiger partial charge in [-0.25, -0.2) is 9.55 Å². The number of nitrogens with zero attached hydrogens (tertiary/aromatic N) is 4. The highest BCUT2D eigenvalue weighted by Crippen LogP contribution is 2.13. The van der Waals surface area contributed by atoms with E-state index in [0.29, 0.717) is 25.5 Å². The van der Waals surface area contributed by atoms with E-state index in [1.165, 1.54) is 10.8 Å². The van der Waals surface area contributed by atoms with Crippen LogP contribution in [-0.4, -0.2) is 50.6 Å². The van der Waals surface area contributed by atoms with Crippen LogP contribution in [0.2, 0.25) is 0 Å². The van der Waals surface area contributed by atoms with E-state index in [9.17, 15) is 14.9 Å². The van der Waals surface area contributed by atoms with Gasteiger partial charge in [-0.15, -0.1) is 0 Å². The van der Waals surface area contributed by atoms with Gasteiger partial charge in [0.1, 0.15) is 12.7 Å². The van der Waals surface area contributed by atoms with Gasteiger partial charge in [-0.3, -0.25) is 4.79 Å². The van der Waals surface area contributed by atoms with Gasteiger partial charge >= 0.3 is 11.8 Å². The lowest BCUT2D eigenvalue weighted by Crippen LogP contribution is -2.26. The SMILES string of the molecule is Cc1ncc([N+](=O)[O-])n1CCN(C)CCC(=O)O. The standard InChI is InChI=1S/C10H16N4O4/c1-8-11-7-9(14(17)18)13(8)6-5-12(2)4-3-10(15)16/h7H,3-6H2,1-2H3,(H,15,16). The molecule has 0 unspecified atom stereocenters. The average molecular weight is 256 g/mol. The number of carboxylic acids is 1. The molecule has 0 saturated carbocycles. The van der Waals surface area contributed by atoms with E-state index in [0.717, 1.165) is 0 Å². The van der Waals surface area contributed by atoms with Gasteiger partial charge in [0, 0.05) is 20.0 Å². The summed E-state index contributed by atoms with van der Waals surface area (Å²) in [6.45, 7) is 3.06. The van der Waals surface area contributed by atoms with Gasteiger partial charge < -0.3 is 20.1 Å². The zero-order valence-electron chi connectivity index (χ0n) is 10.4. The Morgan fingerprint density at radius 2 is 2.28 bits per heavy atom. The highest BCUT2D eigenvalue weighted by Gasteiger charge is 2.17. The fraction of sp³-hybridized carbons (Fsp3) is 0.600. The van der Waals surface area contributed by atoms with Crippen molar-refractivity contribution in [2.75, 3.05) is 20.1 Å². The van der Waals surface area contributed by atoms with Crippen molar-refractivity contribution >= 4 is 11.8 Å². The molecule has 0 aliphatic heterocycles. The molecule has 0 bridgehead atoms. The third-order valence-electron chi connectivity index (χ3n) is 2.63. The summed E-state index contributed by atoms with van der Waals surface area (Å²) in [5, 5.41) is 19.3. The van der Waals surface area contributed by atoms with Crippen molar-refractivity contribution in [1.82, 2.24) is 14.5 Å². The van der Waals surface area contributed by atoms with Crippen LogP contribution in [0.1, 0.15) is 12.2 Å². The van der Waals surface area contributed by atoms with E-state index in [-0.39, 0.29) is 12.2 Å². The lowest BCUT2D eigenvalue weighted by Gasteiger charge is -2.14. The first kappa shape index (κ1) is 14.1. The summed E-state index contributed by atoms with van der Waals surface area (Å²) in [4.78, 5) is 26.4. The average Bonchev–Trinajstić information content (AvgIpc) is 2.65. The maximum absolute atomic E-state index is 10.7. The quantitative estimate of drug-likeness (QED) is 0.563. The second kappa shape index (κ2) is 6.10. The molecule has 8 heteroatoms. The highest BCUT2D eigenvalue weighted by atomic mass is 16.6. The van der Waals surface area contributed by atoms with Crippen LogP contribution >= 0.6 is 0 Å². The molecule has 0 aliphatic rings. The Bertz CT molecular complexity index is 443. The Kier molecular flexibility index (Phi) is 4.78. The number of carbonyl (C=O) groups is 1. The van der Waals surface area contributed by atoms with Gasteiger partial charge in [0.15, 0.2) is 5.82 Å². The minimum absolute atomic E-state index is 0.0425. The first-order valence-corrected chi connectivity index (χ1v) is 5.48. The molecule has 1 rings (SSSR count). The second-order valence-corrected chi connectivity index (χ2v) is 4.02. The molecule has 0 atom stereocenters. The number of aliphatic carboxylic acids is 1. The molecular formula is C10H16N4O4. The topological polar surface area (TPSA) is 102 Å². The third kappa shape index (κ3) is 3.81. The maximum atomic E-state index is 10.7. The molecule has 0 amide bonds. The maximum Gasteiger partial charge on any atom is 0.342 e. The van der Waals surface area contributed by atoms with Crippen LogP contribution < -0.4 is 0 Å². The van der Waals surface area contributed by atoms with Crippen molar-refractivity contribution in [2.24, 2.45) is 0 Å². The van der Waals surface area contributed by atoms with Crippen molar-refractivity contribution in [1.29, 1.82) is 0 Å². The molecule has 1 heterocycles. The molecule has 8 nitrogen and oxygen atoms in total. The second-order valence-electron chi connectivity index (χ2n) is 4.02. The minimum Gasteiger partial charge on any atom is -0.481 e. The van der Waals surface area contributed by atoms with E-state index in [2.05, 4.69) is 4.98 Å². The molecule has 0 fully saturated rings. The Balaban J connectivity index is 2.55. The van der Waals surface area contributed by atoms with Crippen molar-refractivity contribution in [2.45, 2.75) is 19.9 Å². The number of likely N-dealkylation sites (N-methyl/N-ethyl adjacent to an activating group) is 1. The minimum atomic E-state index is -0.855. The van der Waals surface area contributed by atoms with Crippen LogP contribution in [0.5, 0.6) is 0 Å². The number of aromatic nitrogens is 2. The molecule has 0 spiro atoms. The Morgan fingerprint density at radius 1 is 1.61 bits per heavy atom. The molecule has 1 aromatic rings. The molecule has 0 radical (unpaired) electrons. The predicted octanol–water partition coefficient (Wildman–Crippen LogP) is 0.506. The van der Waals surface area contributed by atoms with Crippen LogP contribution in [0.25, 0.3) is 0 Å². The lowest BCUT2D eigenvalue weighted by molar-refractivity contribution is -0.392. The largest absolute Gasteiger partial charge is 0.481 e. The normalized spacial score (nSPS) is 10.8. The van der Waals surface area contributed by atoms with E-state index in [1.54, 1.807) is 14.0 Å². The summed E-state index contributed by atoms with van der Waals surface area (Å²) in [6, 6.07) is 0. The molecular weight excluding hydrogens is 240 g/mol. The van der Waals surface area contributed by atoms with Crippen molar-refractivity contribution < 1.29 is 14.8 Å². The summed E-state index contributed by atoms with van der Waals surface area (Å²) >= 11 is 0. The molecule has 0 saturated heterocycles. The Hall–Kier alpha value is -1.96. The molecule has 0 aliphatic carbocycles. The number of hydrogen-bond acceptors (Lipinski definition) is 5. The van der Waals surface area contributed by atoms with Crippen LogP contribution in [-0.2, 0) is 11.3 Å². The molecule has 1 aromatic heterocycles. The summed E-state index contributed by atoms with van der Waals surface area (Å²) < 4.78 is 1.51. The Morgan fingerprint density at radius 3 is 2.83 bits per heavy atom. The Labute approximate surface area is 104 Å². The van der Waals surface area contributed by atoms with Gasteiger partial charge in [0.05, 0.1) is 6.42 Å². The first-order valence-electron chi connectivity index (χ1n) is 5.48. The monoisotopic (exact) mass is 256 g/mol. The van der Waals surface area contributed by atoms with Gasteiger partial charge in [0.2, 0.25) is 0 Å². The van der Waals surface area contributed by atoms with Crippen molar-refractivity contribution in [3.05, 3.63) is 22.1 Å². The van der Waals surface area contributed by atoms with Crippen molar-refractivity contribution in [3.63, 3.8) is 0 Å². The fourth-order valence-electron chi connectivity index (χ4n) is 1.55. The van der Waals surface area contributed by atoms with E-state index >= 15 is 0 Å². The third-order valence-corrected chi connectivity index (χ3v) is 2.63. The van der Waals surface area contributed by atoms with Crippen molar-refractivity contribution in [3.8, 4) is 0 Å². The van der Waals surface area contributed by atoms with Gasteiger partial charge in [-0.05, 0) is 12.0 Å². The fourth-order valence-corrected chi connectivity index (χ4v) is 1.55. The number of aryl methyl sites for hydroxylation is 1. The lowest BCUT2D eigenvalue weighted by atomic mass is 10.4. The molecule has 1 N–H and O–H groups in total. The van der Waals surface area contributed by atoms with Crippen LogP contribution in [0.15, 0.2) is 6.20 Å². The van der Waals surface area contributed by atoms with Crippen LogP contribution in [0.3, 0.4) is 0 Å². The van der Waals surface area contributed by atoms with Crippen LogP contribution in [0, 0.1) is 17.0 Å². The zero-order valence-corrected chi connectivity index (χ0v) is 10.4. The number of rotatable bonds is 7. The van der Waals surface area contributed by atoms with E-state index < -0.39 is 10.9 Å². The van der Waals surface area contributed by atoms with E-state index in [4.69, 9.17) is 5.11 Å². The number of hydrogen-bond donors (Lipinski definition) is 1. The summed E-state index contributed by atoms with van der Waals surface area (Å²) in [5.74, 6) is -0.320. The zero-order chi connectivity index (χ0) is 13.7. The van der Waals surface area contributed by atoms with Gasteiger partial charge in [-0.2, -0.15) is 0 Å². The molecule has 100 valence electrons. The summed E-state index contributed by atoms with van der Waals surface area (Å²) in [5.41, 5.74) is 0. The highest BCUT2D eigenvalue weighted by molar-refractivity contribution is 5.66. The number of imidazole rings is 1. The van der Waals surface area contributed by atoms with E-state index in [1.807, 2.05) is 4.90 Å². The summed E-state index contributed by atoms with van der Waals surface area (Å²) in [7, 11) is 1.78. The van der Waals surface area contributed by atoms with Crippen LogP contribution in [0.4, 0.5) is 5.82 Å². The summed E-state index contributed by atoms with van der Waals surface area (Å²) in [6.07, 6.45) is 1.29. The molecule has 18 heavy (non-hydrogen) atoms. The number of nitro groups is 1.